The smallest absolute Gasteiger partial charge is 0.215 e. The van der Waals surface area contributed by atoms with Gasteiger partial charge < -0.3 is 15.8 Å². The molecule has 1 unspecified atom stereocenters. The number of rotatable bonds is 3. The molecule has 100 valence electrons. The Morgan fingerprint density at radius 3 is 3.16 bits per heavy atom. The Morgan fingerprint density at radius 1 is 1.42 bits per heavy atom. The largest absolute Gasteiger partial charge is 0.481 e. The first-order valence-corrected chi connectivity index (χ1v) is 7.29. The molecule has 0 amide bonds. The second-order valence-corrected chi connectivity index (χ2v) is 5.68. The van der Waals surface area contributed by atoms with Crippen LogP contribution >= 0.6 is 11.3 Å². The van der Waals surface area contributed by atoms with Crippen molar-refractivity contribution >= 4 is 22.8 Å². The van der Waals surface area contributed by atoms with Crippen LogP contribution in [0.5, 0.6) is 5.88 Å². The number of aromatic nitrogens is 1. The summed E-state index contributed by atoms with van der Waals surface area (Å²) in [7, 11) is 1.61. The van der Waals surface area contributed by atoms with Crippen molar-refractivity contribution in [2.45, 2.75) is 25.3 Å². The van der Waals surface area contributed by atoms with Gasteiger partial charge in [0.15, 0.2) is 5.82 Å². The summed E-state index contributed by atoms with van der Waals surface area (Å²) in [5.41, 5.74) is 8.02. The van der Waals surface area contributed by atoms with Gasteiger partial charge in [-0.2, -0.15) is 4.98 Å². The van der Waals surface area contributed by atoms with Gasteiger partial charge in [-0.1, -0.05) is 0 Å². The molecule has 0 saturated carbocycles. The number of thiophene rings is 1. The number of fused-ring (bicyclic) bond motifs is 1. The van der Waals surface area contributed by atoms with Crippen LogP contribution in [0.4, 0.5) is 11.5 Å². The number of nitrogens with two attached hydrogens (primary N) is 1. The number of nitrogens with zero attached hydrogens (tertiary/aromatic N) is 1. The van der Waals surface area contributed by atoms with E-state index in [4.69, 9.17) is 10.5 Å². The normalized spacial score (nSPS) is 17.8. The van der Waals surface area contributed by atoms with Crippen LogP contribution in [0.2, 0.25) is 0 Å². The van der Waals surface area contributed by atoms with Gasteiger partial charge in [-0.05, 0) is 42.3 Å². The lowest BCUT2D eigenvalue weighted by Crippen LogP contribution is -2.17. The number of hydrogen-bond acceptors (Lipinski definition) is 5. The molecule has 4 nitrogen and oxygen atoms in total. The molecule has 0 bridgehead atoms. The molecule has 1 aliphatic rings. The lowest BCUT2D eigenvalue weighted by molar-refractivity contribution is 0.398. The quantitative estimate of drug-likeness (QED) is 0.903. The van der Waals surface area contributed by atoms with Crippen molar-refractivity contribution in [3.05, 3.63) is 34.0 Å². The van der Waals surface area contributed by atoms with E-state index in [-0.39, 0.29) is 0 Å². The van der Waals surface area contributed by atoms with Gasteiger partial charge in [-0.25, -0.2) is 0 Å². The van der Waals surface area contributed by atoms with E-state index in [1.54, 1.807) is 13.2 Å². The highest BCUT2D eigenvalue weighted by molar-refractivity contribution is 7.10. The third-order valence-corrected chi connectivity index (χ3v) is 4.47. The minimum Gasteiger partial charge on any atom is -0.481 e. The topological polar surface area (TPSA) is 60.2 Å². The summed E-state index contributed by atoms with van der Waals surface area (Å²) < 4.78 is 5.15. The zero-order valence-corrected chi connectivity index (χ0v) is 11.7. The van der Waals surface area contributed by atoms with Crippen molar-refractivity contribution in [1.82, 2.24) is 4.98 Å². The van der Waals surface area contributed by atoms with E-state index >= 15 is 0 Å². The summed E-state index contributed by atoms with van der Waals surface area (Å²) in [4.78, 5) is 5.86. The molecule has 2 heterocycles. The molecule has 0 fully saturated rings. The van der Waals surface area contributed by atoms with E-state index in [1.165, 1.54) is 23.3 Å². The molecule has 5 heteroatoms. The van der Waals surface area contributed by atoms with Crippen LogP contribution in [0.25, 0.3) is 0 Å². The van der Waals surface area contributed by atoms with Crippen molar-refractivity contribution in [2.75, 3.05) is 18.2 Å². The summed E-state index contributed by atoms with van der Waals surface area (Å²) in [5.74, 6) is 1.29. The molecule has 3 rings (SSSR count). The lowest BCUT2D eigenvalue weighted by atomic mass is 9.94. The second kappa shape index (κ2) is 5.09. The minimum atomic E-state index is 0.303. The average molecular weight is 275 g/mol. The van der Waals surface area contributed by atoms with Crippen molar-refractivity contribution in [3.63, 3.8) is 0 Å². The van der Waals surface area contributed by atoms with Crippen LogP contribution in [0.3, 0.4) is 0 Å². The number of aryl methyl sites for hydroxylation is 1. The number of pyridine rings is 1. The predicted molar refractivity (Wildman–Crippen MR) is 78.8 cm³/mol. The standard InChI is InChI=1S/C14H17N3OS/c1-18-13-6-5-10(15)14(17-13)16-11-3-2-4-12-9(11)7-8-19-12/h5-8,11H,2-4,15H2,1H3,(H,16,17). The van der Waals surface area contributed by atoms with Crippen LogP contribution in [-0.4, -0.2) is 12.1 Å². The Balaban J connectivity index is 1.87. The van der Waals surface area contributed by atoms with E-state index in [0.717, 1.165) is 6.42 Å². The molecular formula is C14H17N3OS. The maximum atomic E-state index is 5.98. The highest BCUT2D eigenvalue weighted by atomic mass is 32.1. The molecular weight excluding hydrogens is 258 g/mol. The highest BCUT2D eigenvalue weighted by Gasteiger charge is 2.22. The van der Waals surface area contributed by atoms with Gasteiger partial charge in [0.2, 0.25) is 5.88 Å². The van der Waals surface area contributed by atoms with E-state index in [0.29, 0.717) is 23.4 Å². The van der Waals surface area contributed by atoms with Gasteiger partial charge in [0.25, 0.3) is 0 Å². The number of anilines is 2. The molecule has 3 N–H and O–H groups in total. The Morgan fingerprint density at radius 2 is 2.32 bits per heavy atom. The molecule has 0 aliphatic heterocycles. The van der Waals surface area contributed by atoms with Gasteiger partial charge >= 0.3 is 0 Å². The van der Waals surface area contributed by atoms with Crippen LogP contribution in [0, 0.1) is 0 Å². The first-order chi connectivity index (χ1) is 9.28. The van der Waals surface area contributed by atoms with Crippen LogP contribution in [-0.2, 0) is 6.42 Å². The number of nitrogen functional groups attached to an aromatic ring is 1. The van der Waals surface area contributed by atoms with Crippen LogP contribution < -0.4 is 15.8 Å². The van der Waals surface area contributed by atoms with Gasteiger partial charge in [0, 0.05) is 10.9 Å². The van der Waals surface area contributed by atoms with E-state index in [9.17, 15) is 0 Å². The molecule has 1 aliphatic carbocycles. The van der Waals surface area contributed by atoms with Crippen LogP contribution in [0.1, 0.15) is 29.3 Å². The number of ether oxygens (including phenoxy) is 1. The number of nitrogens with one attached hydrogen (secondary N) is 1. The van der Waals surface area contributed by atoms with Crippen molar-refractivity contribution in [3.8, 4) is 5.88 Å². The van der Waals surface area contributed by atoms with Gasteiger partial charge in [-0.15, -0.1) is 11.3 Å². The monoisotopic (exact) mass is 275 g/mol. The van der Waals surface area contributed by atoms with Crippen molar-refractivity contribution < 1.29 is 4.74 Å². The van der Waals surface area contributed by atoms with E-state index in [1.807, 2.05) is 17.4 Å². The molecule has 1 atom stereocenters. The third kappa shape index (κ3) is 2.38. The summed E-state index contributed by atoms with van der Waals surface area (Å²) in [6, 6.07) is 6.10. The van der Waals surface area contributed by atoms with Crippen molar-refractivity contribution in [2.24, 2.45) is 0 Å². The molecule has 2 aromatic rings. The zero-order valence-electron chi connectivity index (χ0n) is 10.8. The fraction of sp³-hybridized carbons (Fsp3) is 0.357. The SMILES string of the molecule is COc1ccc(N)c(NC2CCCc3sccc32)n1. The summed E-state index contributed by atoms with van der Waals surface area (Å²) in [6.45, 7) is 0. The molecule has 0 aromatic carbocycles. The zero-order chi connectivity index (χ0) is 13.2. The molecule has 19 heavy (non-hydrogen) atoms. The van der Waals surface area contributed by atoms with Crippen molar-refractivity contribution in [1.29, 1.82) is 0 Å². The fourth-order valence-electron chi connectivity index (χ4n) is 2.48. The maximum Gasteiger partial charge on any atom is 0.215 e. The van der Waals surface area contributed by atoms with Gasteiger partial charge in [0.1, 0.15) is 0 Å². The Kier molecular flexibility index (Phi) is 3.29. The minimum absolute atomic E-state index is 0.303. The summed E-state index contributed by atoms with van der Waals surface area (Å²) in [6.07, 6.45) is 3.50. The number of methoxy groups -OCH3 is 1. The Hall–Kier alpha value is -1.75. The maximum absolute atomic E-state index is 5.98. The second-order valence-electron chi connectivity index (χ2n) is 4.68. The number of hydrogen-bond donors (Lipinski definition) is 2. The first-order valence-electron chi connectivity index (χ1n) is 6.41. The Bertz CT molecular complexity index is 582. The van der Waals surface area contributed by atoms with Crippen LogP contribution in [0.15, 0.2) is 23.6 Å². The molecule has 0 spiro atoms. The molecule has 0 radical (unpaired) electrons. The first kappa shape index (κ1) is 12.3. The third-order valence-electron chi connectivity index (χ3n) is 3.47. The predicted octanol–water partition coefficient (Wildman–Crippen LogP) is 3.22. The fourth-order valence-corrected chi connectivity index (χ4v) is 3.47. The molecule has 2 aromatic heterocycles. The lowest BCUT2D eigenvalue weighted by Gasteiger charge is -2.24. The Labute approximate surface area is 116 Å². The highest BCUT2D eigenvalue weighted by Crippen LogP contribution is 2.36. The van der Waals surface area contributed by atoms with E-state index in [2.05, 4.69) is 21.7 Å². The summed E-state index contributed by atoms with van der Waals surface area (Å²) in [5, 5.41) is 5.62. The van der Waals surface area contributed by atoms with Gasteiger partial charge in [-0.3, -0.25) is 0 Å². The van der Waals surface area contributed by atoms with Gasteiger partial charge in [0.05, 0.1) is 18.8 Å². The summed E-state index contributed by atoms with van der Waals surface area (Å²) >= 11 is 1.84. The van der Waals surface area contributed by atoms with E-state index < -0.39 is 0 Å². The average Bonchev–Trinajstić information content (AvgIpc) is 2.90. The molecule has 0 saturated heterocycles.